The molecule has 0 aliphatic heterocycles. The number of nitrogens with one attached hydrogen (secondary N) is 4. The van der Waals surface area contributed by atoms with Crippen LogP contribution >= 0.6 is 11.8 Å². The van der Waals surface area contributed by atoms with E-state index < -0.39 is 61.1 Å². The van der Waals surface area contributed by atoms with Gasteiger partial charge in [-0.1, -0.05) is 18.2 Å². The van der Waals surface area contributed by atoms with E-state index in [-0.39, 0.29) is 6.42 Å². The minimum atomic E-state index is -1.51. The van der Waals surface area contributed by atoms with Crippen molar-refractivity contribution in [1.29, 1.82) is 0 Å². The van der Waals surface area contributed by atoms with Gasteiger partial charge in [-0.3, -0.25) is 14.4 Å². The Morgan fingerprint density at radius 3 is 2.11 bits per heavy atom. The maximum absolute atomic E-state index is 12.6. The summed E-state index contributed by atoms with van der Waals surface area (Å²) >= 11 is 1.50. The number of para-hydroxylation sites is 1. The fraction of sp³-hybridized carbons (Fsp3) is 0.455. The molecule has 9 N–H and O–H groups in total. The molecule has 12 nitrogen and oxygen atoms in total. The van der Waals surface area contributed by atoms with Crippen LogP contribution in [-0.4, -0.2) is 93.4 Å². The largest absolute Gasteiger partial charge is 0.480 e. The van der Waals surface area contributed by atoms with E-state index in [1.54, 1.807) is 12.3 Å². The number of aliphatic carboxylic acids is 1. The number of carboxylic acids is 1. The van der Waals surface area contributed by atoms with Crippen molar-refractivity contribution in [2.24, 2.45) is 5.73 Å². The highest BCUT2D eigenvalue weighted by atomic mass is 32.2. The van der Waals surface area contributed by atoms with E-state index in [0.717, 1.165) is 10.9 Å². The van der Waals surface area contributed by atoms with E-state index in [1.807, 2.05) is 24.5 Å². The van der Waals surface area contributed by atoms with Gasteiger partial charge < -0.3 is 42.0 Å². The number of carboxylic acid groups (broad SMARTS) is 1. The van der Waals surface area contributed by atoms with Crippen molar-refractivity contribution in [2.75, 3.05) is 25.2 Å². The van der Waals surface area contributed by atoms with E-state index in [2.05, 4.69) is 20.9 Å². The molecule has 0 aliphatic rings. The average molecular weight is 510 g/mol. The predicted octanol–water partition coefficient (Wildman–Crippen LogP) is -1.69. The minimum Gasteiger partial charge on any atom is -0.480 e. The Hall–Kier alpha value is -3.13. The Bertz CT molecular complexity index is 1030. The molecule has 1 aromatic heterocycles. The van der Waals surface area contributed by atoms with Gasteiger partial charge in [0.15, 0.2) is 0 Å². The van der Waals surface area contributed by atoms with E-state index in [1.165, 1.54) is 11.8 Å². The van der Waals surface area contributed by atoms with Crippen molar-refractivity contribution in [3.05, 3.63) is 36.0 Å². The number of aliphatic hydroxyl groups excluding tert-OH is 2. The number of carbonyl (C=O) groups is 4. The summed E-state index contributed by atoms with van der Waals surface area (Å²) in [5.41, 5.74) is 7.23. The first-order valence-corrected chi connectivity index (χ1v) is 12.3. The van der Waals surface area contributed by atoms with Crippen LogP contribution in [0.4, 0.5) is 0 Å². The SMILES string of the molecule is CSCCC(N)C(=O)NC(CO)C(=O)NC(CO)C(=O)NC(Cc1c[nH]c2ccccc12)C(=O)O. The lowest BCUT2D eigenvalue weighted by Gasteiger charge is -2.23. The normalized spacial score (nSPS) is 14.5. The minimum absolute atomic E-state index is 0.0412. The number of amides is 3. The Kier molecular flexibility index (Phi) is 11.0. The fourth-order valence-corrected chi connectivity index (χ4v) is 3.80. The molecule has 2 aromatic rings. The van der Waals surface area contributed by atoms with Gasteiger partial charge in [-0.05, 0) is 30.1 Å². The third kappa shape index (κ3) is 7.96. The van der Waals surface area contributed by atoms with Crippen molar-refractivity contribution in [3.63, 3.8) is 0 Å². The Morgan fingerprint density at radius 2 is 1.54 bits per heavy atom. The topological polar surface area (TPSA) is 207 Å². The molecule has 0 saturated carbocycles. The highest BCUT2D eigenvalue weighted by Crippen LogP contribution is 2.19. The lowest BCUT2D eigenvalue weighted by Crippen LogP contribution is -2.59. The number of aromatic nitrogens is 1. The van der Waals surface area contributed by atoms with Crippen molar-refractivity contribution in [2.45, 2.75) is 37.0 Å². The second-order valence-electron chi connectivity index (χ2n) is 7.84. The Labute approximate surface area is 206 Å². The summed E-state index contributed by atoms with van der Waals surface area (Å²) in [5, 5.41) is 36.4. The van der Waals surface area contributed by atoms with Crippen LogP contribution in [-0.2, 0) is 25.6 Å². The summed E-state index contributed by atoms with van der Waals surface area (Å²) < 4.78 is 0. The molecule has 0 spiro atoms. The number of thioether (sulfide) groups is 1. The van der Waals surface area contributed by atoms with Crippen molar-refractivity contribution in [3.8, 4) is 0 Å². The van der Waals surface area contributed by atoms with E-state index in [9.17, 15) is 34.5 Å². The second-order valence-corrected chi connectivity index (χ2v) is 8.82. The molecule has 0 bridgehead atoms. The first-order valence-electron chi connectivity index (χ1n) is 10.9. The second kappa shape index (κ2) is 13.7. The molecular weight excluding hydrogens is 478 g/mol. The van der Waals surface area contributed by atoms with E-state index in [4.69, 9.17) is 5.73 Å². The molecule has 0 aliphatic carbocycles. The number of fused-ring (bicyclic) bond motifs is 1. The number of hydrogen-bond donors (Lipinski definition) is 8. The van der Waals surface area contributed by atoms with Crippen molar-refractivity contribution < 1.29 is 34.5 Å². The molecule has 13 heteroatoms. The van der Waals surface area contributed by atoms with E-state index >= 15 is 0 Å². The summed E-state index contributed by atoms with van der Waals surface area (Å²) in [5.74, 6) is -3.20. The quantitative estimate of drug-likeness (QED) is 0.146. The zero-order valence-corrected chi connectivity index (χ0v) is 20.0. The van der Waals surface area contributed by atoms with Gasteiger partial charge in [0, 0.05) is 23.5 Å². The predicted molar refractivity (Wildman–Crippen MR) is 131 cm³/mol. The molecule has 0 saturated heterocycles. The summed E-state index contributed by atoms with van der Waals surface area (Å²) in [7, 11) is 0. The van der Waals surface area contributed by atoms with Gasteiger partial charge in [-0.2, -0.15) is 11.8 Å². The van der Waals surface area contributed by atoms with Crippen molar-refractivity contribution >= 4 is 46.4 Å². The van der Waals surface area contributed by atoms with Crippen LogP contribution < -0.4 is 21.7 Å². The molecule has 1 heterocycles. The van der Waals surface area contributed by atoms with Gasteiger partial charge in [-0.25, -0.2) is 4.79 Å². The summed E-state index contributed by atoms with van der Waals surface area (Å²) in [4.78, 5) is 52.1. The number of rotatable bonds is 14. The zero-order valence-electron chi connectivity index (χ0n) is 19.2. The average Bonchev–Trinajstić information content (AvgIpc) is 3.26. The third-order valence-electron chi connectivity index (χ3n) is 5.31. The Morgan fingerprint density at radius 1 is 0.971 bits per heavy atom. The third-order valence-corrected chi connectivity index (χ3v) is 5.96. The Balaban J connectivity index is 2.01. The van der Waals surface area contributed by atoms with Crippen LogP contribution in [0, 0.1) is 0 Å². The lowest BCUT2D eigenvalue weighted by atomic mass is 10.0. The molecule has 4 atom stereocenters. The number of aliphatic hydroxyl groups is 2. The maximum atomic E-state index is 12.6. The molecule has 4 unspecified atom stereocenters. The molecule has 0 fully saturated rings. The molecule has 0 radical (unpaired) electrons. The van der Waals surface area contributed by atoms with Crippen LogP contribution in [0.2, 0.25) is 0 Å². The van der Waals surface area contributed by atoms with Gasteiger partial charge in [0.05, 0.1) is 19.3 Å². The van der Waals surface area contributed by atoms with Crippen molar-refractivity contribution in [1.82, 2.24) is 20.9 Å². The summed E-state index contributed by atoms with van der Waals surface area (Å²) in [6, 6.07) is 2.13. The first kappa shape index (κ1) is 28.1. The molecular formula is C22H31N5O7S. The highest BCUT2D eigenvalue weighted by molar-refractivity contribution is 7.98. The van der Waals surface area contributed by atoms with Gasteiger partial charge in [-0.15, -0.1) is 0 Å². The lowest BCUT2D eigenvalue weighted by molar-refractivity contribution is -0.142. The molecule has 2 rings (SSSR count). The van der Waals surface area contributed by atoms with Crippen LogP contribution in [0.25, 0.3) is 10.9 Å². The number of benzene rings is 1. The van der Waals surface area contributed by atoms with E-state index in [0.29, 0.717) is 17.7 Å². The zero-order chi connectivity index (χ0) is 26.0. The molecule has 35 heavy (non-hydrogen) atoms. The number of carbonyl (C=O) groups excluding carboxylic acids is 3. The number of aromatic amines is 1. The molecule has 3 amide bonds. The number of H-pyrrole nitrogens is 1. The fourth-order valence-electron chi connectivity index (χ4n) is 3.31. The van der Waals surface area contributed by atoms with Gasteiger partial charge >= 0.3 is 5.97 Å². The monoisotopic (exact) mass is 509 g/mol. The maximum Gasteiger partial charge on any atom is 0.326 e. The number of hydrogen-bond acceptors (Lipinski definition) is 8. The van der Waals surface area contributed by atoms with Crippen LogP contribution in [0.1, 0.15) is 12.0 Å². The van der Waals surface area contributed by atoms with Gasteiger partial charge in [0.25, 0.3) is 0 Å². The van der Waals surface area contributed by atoms with Crippen LogP contribution in [0.3, 0.4) is 0 Å². The standard InChI is InChI=1S/C22H31N5O7S/c1-35-7-6-14(23)19(30)26-17(10-28)21(32)27-18(11-29)20(31)25-16(22(33)34)8-12-9-24-15-5-3-2-4-13(12)15/h2-5,9,14,16-18,24,28-29H,6-8,10-11,23H2,1H3,(H,25,31)(H,26,30)(H,27,32)(H,33,34). The smallest absolute Gasteiger partial charge is 0.326 e. The van der Waals surface area contributed by atoms with Gasteiger partial charge in [0.1, 0.15) is 18.1 Å². The summed E-state index contributed by atoms with van der Waals surface area (Å²) in [6.45, 7) is -1.61. The number of nitrogens with two attached hydrogens (primary N) is 1. The first-order chi connectivity index (χ1) is 16.7. The van der Waals surface area contributed by atoms with Gasteiger partial charge in [0.2, 0.25) is 17.7 Å². The van der Waals surface area contributed by atoms with Crippen LogP contribution in [0.5, 0.6) is 0 Å². The highest BCUT2D eigenvalue weighted by Gasteiger charge is 2.30. The summed E-state index contributed by atoms with van der Waals surface area (Å²) in [6.07, 6.45) is 3.82. The van der Waals surface area contributed by atoms with Crippen LogP contribution in [0.15, 0.2) is 30.5 Å². The molecule has 1 aromatic carbocycles. The molecule has 192 valence electrons.